The molecule has 1 aromatic carbocycles. The van der Waals surface area contributed by atoms with Crippen LogP contribution in [0.1, 0.15) is 28.1 Å². The summed E-state index contributed by atoms with van der Waals surface area (Å²) in [5.41, 5.74) is 1.88. The van der Waals surface area contributed by atoms with Crippen molar-refractivity contribution in [3.8, 4) is 0 Å². The van der Waals surface area contributed by atoms with E-state index in [1.807, 2.05) is 13.0 Å². The highest BCUT2D eigenvalue weighted by molar-refractivity contribution is 6.00. The zero-order valence-corrected chi connectivity index (χ0v) is 12.0. The van der Waals surface area contributed by atoms with Gasteiger partial charge in [0.05, 0.1) is 0 Å². The Hall–Kier alpha value is -2.44. The van der Waals surface area contributed by atoms with Gasteiger partial charge in [0.15, 0.2) is 5.76 Å². The Morgan fingerprint density at radius 2 is 2.00 bits per heavy atom. The molecule has 2 aromatic rings. The number of carboxylic acids is 1. The number of aliphatic carboxylic acids is 1. The molecule has 0 saturated heterocycles. The summed E-state index contributed by atoms with van der Waals surface area (Å²) in [5.74, 6) is -2.40. The van der Waals surface area contributed by atoms with Gasteiger partial charge in [-0.15, -0.1) is 0 Å². The number of hydrogen-bond acceptors (Lipinski definition) is 3. The average molecular weight is 311 g/mol. The molecule has 1 aromatic heterocycles. The summed E-state index contributed by atoms with van der Waals surface area (Å²) in [7, 11) is 0. The fourth-order valence-corrected chi connectivity index (χ4v) is 2.22. The average Bonchev–Trinajstić information content (AvgIpc) is 2.76. The summed E-state index contributed by atoms with van der Waals surface area (Å²) in [5, 5.41) is 11.7. The van der Waals surface area contributed by atoms with E-state index in [4.69, 9.17) is 9.52 Å². The molecule has 0 saturated carbocycles. The number of para-hydroxylation sites is 1. The Morgan fingerprint density at radius 1 is 1.32 bits per heavy atom. The molecular formula is C15H15F2NO4. The zero-order valence-electron chi connectivity index (χ0n) is 12.0. The first-order valence-corrected chi connectivity index (χ1v) is 6.61. The van der Waals surface area contributed by atoms with Crippen molar-refractivity contribution in [1.82, 2.24) is 5.32 Å². The summed E-state index contributed by atoms with van der Waals surface area (Å²) in [6, 6.07) is 3.72. The van der Waals surface area contributed by atoms with E-state index < -0.39 is 30.8 Å². The number of alkyl halides is 2. The van der Waals surface area contributed by atoms with Crippen molar-refractivity contribution in [3.05, 3.63) is 35.1 Å². The highest BCUT2D eigenvalue weighted by Crippen LogP contribution is 2.27. The van der Waals surface area contributed by atoms with Crippen LogP contribution >= 0.6 is 0 Å². The zero-order chi connectivity index (χ0) is 16.4. The standard InChI is InChI=1S/C15H15F2NO4/c1-7-4-3-5-9-8(2)13(22-12(7)9)14(19)18-10(15(20)21)6-11(16)17/h3-5,10-11H,6H2,1-2H3,(H,18,19)(H,20,21). The summed E-state index contributed by atoms with van der Waals surface area (Å²) in [6.07, 6.45) is -3.79. The third kappa shape index (κ3) is 3.08. The first-order valence-electron chi connectivity index (χ1n) is 6.61. The lowest BCUT2D eigenvalue weighted by Crippen LogP contribution is -2.42. The molecule has 2 N–H and O–H groups in total. The van der Waals surface area contributed by atoms with E-state index in [1.165, 1.54) is 0 Å². The molecule has 1 heterocycles. The number of benzene rings is 1. The van der Waals surface area contributed by atoms with Gasteiger partial charge in [-0.1, -0.05) is 18.2 Å². The van der Waals surface area contributed by atoms with E-state index in [2.05, 4.69) is 5.32 Å². The second kappa shape index (κ2) is 6.13. The Labute approximate surface area is 124 Å². The number of furan rings is 1. The lowest BCUT2D eigenvalue weighted by Gasteiger charge is -2.13. The van der Waals surface area contributed by atoms with E-state index in [0.717, 1.165) is 10.9 Å². The molecule has 2 rings (SSSR count). The molecule has 1 unspecified atom stereocenters. The minimum absolute atomic E-state index is 0.0650. The van der Waals surface area contributed by atoms with Crippen LogP contribution in [0.5, 0.6) is 0 Å². The SMILES string of the molecule is Cc1c(C(=O)NC(CC(F)F)C(=O)O)oc2c(C)cccc12. The third-order valence-corrected chi connectivity index (χ3v) is 3.38. The Kier molecular flexibility index (Phi) is 4.44. The normalized spacial score (nSPS) is 12.6. The molecule has 22 heavy (non-hydrogen) atoms. The lowest BCUT2D eigenvalue weighted by atomic mass is 10.1. The summed E-state index contributed by atoms with van der Waals surface area (Å²) in [4.78, 5) is 23.1. The van der Waals surface area contributed by atoms with Gasteiger partial charge in [-0.2, -0.15) is 0 Å². The van der Waals surface area contributed by atoms with Gasteiger partial charge in [0, 0.05) is 17.4 Å². The van der Waals surface area contributed by atoms with E-state index >= 15 is 0 Å². The largest absolute Gasteiger partial charge is 0.480 e. The summed E-state index contributed by atoms with van der Waals surface area (Å²) < 4.78 is 30.2. The number of carbonyl (C=O) groups excluding carboxylic acids is 1. The van der Waals surface area contributed by atoms with Crippen LogP contribution in [0.2, 0.25) is 0 Å². The van der Waals surface area contributed by atoms with Crippen molar-refractivity contribution in [1.29, 1.82) is 0 Å². The smallest absolute Gasteiger partial charge is 0.326 e. The van der Waals surface area contributed by atoms with Crippen LogP contribution in [0.15, 0.2) is 22.6 Å². The van der Waals surface area contributed by atoms with Crippen LogP contribution in [0.3, 0.4) is 0 Å². The maximum absolute atomic E-state index is 12.4. The molecule has 0 aliphatic heterocycles. The van der Waals surface area contributed by atoms with Crippen molar-refractivity contribution in [2.24, 2.45) is 0 Å². The van der Waals surface area contributed by atoms with Crippen LogP contribution < -0.4 is 5.32 Å². The van der Waals surface area contributed by atoms with Crippen molar-refractivity contribution < 1.29 is 27.9 Å². The predicted octanol–water partition coefficient (Wildman–Crippen LogP) is 2.89. The first-order chi connectivity index (χ1) is 10.3. The Balaban J connectivity index is 2.31. The summed E-state index contributed by atoms with van der Waals surface area (Å²) >= 11 is 0. The quantitative estimate of drug-likeness (QED) is 0.890. The molecule has 0 aliphatic carbocycles. The Morgan fingerprint density at radius 3 is 2.55 bits per heavy atom. The minimum Gasteiger partial charge on any atom is -0.480 e. The second-order valence-electron chi connectivity index (χ2n) is 5.00. The number of hydrogen-bond donors (Lipinski definition) is 2. The monoisotopic (exact) mass is 311 g/mol. The lowest BCUT2D eigenvalue weighted by molar-refractivity contribution is -0.140. The number of aryl methyl sites for hydroxylation is 2. The molecule has 0 aliphatic rings. The van der Waals surface area contributed by atoms with Gasteiger partial charge < -0.3 is 14.8 Å². The number of nitrogens with one attached hydrogen (secondary N) is 1. The molecule has 5 nitrogen and oxygen atoms in total. The molecule has 0 radical (unpaired) electrons. The van der Waals surface area contributed by atoms with Crippen molar-refractivity contribution >= 4 is 22.8 Å². The molecule has 7 heteroatoms. The van der Waals surface area contributed by atoms with E-state index in [1.54, 1.807) is 19.1 Å². The fraction of sp³-hybridized carbons (Fsp3) is 0.333. The summed E-state index contributed by atoms with van der Waals surface area (Å²) in [6.45, 7) is 3.47. The van der Waals surface area contributed by atoms with Crippen molar-refractivity contribution in [2.75, 3.05) is 0 Å². The highest BCUT2D eigenvalue weighted by Gasteiger charge is 2.27. The second-order valence-corrected chi connectivity index (χ2v) is 5.00. The molecular weight excluding hydrogens is 296 g/mol. The third-order valence-electron chi connectivity index (χ3n) is 3.38. The van der Waals surface area contributed by atoms with E-state index in [0.29, 0.717) is 11.1 Å². The number of rotatable bonds is 5. The van der Waals surface area contributed by atoms with Crippen LogP contribution in [0.4, 0.5) is 8.78 Å². The molecule has 1 atom stereocenters. The van der Waals surface area contributed by atoms with Gasteiger partial charge in [-0.3, -0.25) is 4.79 Å². The van der Waals surface area contributed by atoms with Crippen LogP contribution in [-0.2, 0) is 4.79 Å². The molecule has 0 bridgehead atoms. The molecule has 1 amide bonds. The number of halogens is 2. The van der Waals surface area contributed by atoms with Gasteiger partial charge in [0.1, 0.15) is 11.6 Å². The topological polar surface area (TPSA) is 79.5 Å². The van der Waals surface area contributed by atoms with Crippen LogP contribution in [-0.4, -0.2) is 29.5 Å². The van der Waals surface area contributed by atoms with Gasteiger partial charge in [-0.05, 0) is 19.4 Å². The molecule has 0 fully saturated rings. The molecule has 118 valence electrons. The van der Waals surface area contributed by atoms with Gasteiger partial charge >= 0.3 is 5.97 Å². The fourth-order valence-electron chi connectivity index (χ4n) is 2.22. The van der Waals surface area contributed by atoms with Gasteiger partial charge in [0.2, 0.25) is 6.43 Å². The van der Waals surface area contributed by atoms with E-state index in [-0.39, 0.29) is 5.76 Å². The number of carbonyl (C=O) groups is 2. The number of carboxylic acid groups (broad SMARTS) is 1. The van der Waals surface area contributed by atoms with Gasteiger partial charge in [0.25, 0.3) is 5.91 Å². The maximum Gasteiger partial charge on any atom is 0.326 e. The van der Waals surface area contributed by atoms with Crippen LogP contribution in [0, 0.1) is 13.8 Å². The Bertz CT molecular complexity index is 724. The van der Waals surface area contributed by atoms with Crippen molar-refractivity contribution in [2.45, 2.75) is 32.7 Å². The maximum atomic E-state index is 12.4. The number of fused-ring (bicyclic) bond motifs is 1. The van der Waals surface area contributed by atoms with E-state index in [9.17, 15) is 18.4 Å². The van der Waals surface area contributed by atoms with Crippen molar-refractivity contribution in [3.63, 3.8) is 0 Å². The van der Waals surface area contributed by atoms with Gasteiger partial charge in [-0.25, -0.2) is 13.6 Å². The van der Waals surface area contributed by atoms with Crippen LogP contribution in [0.25, 0.3) is 11.0 Å². The molecule has 0 spiro atoms. The minimum atomic E-state index is -2.83. The number of amides is 1. The predicted molar refractivity (Wildman–Crippen MR) is 75.2 cm³/mol. The highest BCUT2D eigenvalue weighted by atomic mass is 19.3. The first kappa shape index (κ1) is 15.9.